The summed E-state index contributed by atoms with van der Waals surface area (Å²) in [7, 11) is 0. The lowest BCUT2D eigenvalue weighted by Gasteiger charge is -2.26. The second-order valence-corrected chi connectivity index (χ2v) is 6.38. The first kappa shape index (κ1) is 17.7. The van der Waals surface area contributed by atoms with Crippen molar-refractivity contribution >= 4 is 5.57 Å². The summed E-state index contributed by atoms with van der Waals surface area (Å²) in [5.74, 6) is 0. The second kappa shape index (κ2) is 7.40. The lowest BCUT2D eigenvalue weighted by molar-refractivity contribution is -0.137. The predicted molar refractivity (Wildman–Crippen MR) is 93.2 cm³/mol. The lowest BCUT2D eigenvalue weighted by Crippen LogP contribution is -2.30. The molecule has 0 bridgehead atoms. The van der Waals surface area contributed by atoms with Crippen molar-refractivity contribution in [1.82, 2.24) is 9.88 Å². The first-order valence-electron chi connectivity index (χ1n) is 8.43. The molecule has 0 saturated carbocycles. The number of hydrogen-bond donors (Lipinski definition) is 0. The Morgan fingerprint density at radius 3 is 2.68 bits per heavy atom. The van der Waals surface area contributed by atoms with Crippen LogP contribution in [0.4, 0.5) is 13.2 Å². The third kappa shape index (κ3) is 4.48. The van der Waals surface area contributed by atoms with E-state index in [-0.39, 0.29) is 0 Å². The number of aryl methyl sites for hydroxylation is 1. The molecule has 0 spiro atoms. The number of aromatic nitrogens is 1. The van der Waals surface area contributed by atoms with Gasteiger partial charge in [0.1, 0.15) is 0 Å². The van der Waals surface area contributed by atoms with Crippen LogP contribution >= 0.6 is 0 Å². The number of pyridine rings is 1. The SMILES string of the molecule is Cc1cccnc1CCN1CC=C(c2cccc(C(F)(F)F)c2)CC1. The Bertz CT molecular complexity index is 766. The van der Waals surface area contributed by atoms with Gasteiger partial charge < -0.3 is 0 Å². The Morgan fingerprint density at radius 1 is 1.16 bits per heavy atom. The van der Waals surface area contributed by atoms with Crippen molar-refractivity contribution in [3.8, 4) is 0 Å². The van der Waals surface area contributed by atoms with Crippen molar-refractivity contribution in [3.63, 3.8) is 0 Å². The first-order valence-corrected chi connectivity index (χ1v) is 8.43. The highest BCUT2D eigenvalue weighted by Crippen LogP contribution is 2.32. The van der Waals surface area contributed by atoms with E-state index in [1.807, 2.05) is 18.3 Å². The minimum atomic E-state index is -4.29. The van der Waals surface area contributed by atoms with Gasteiger partial charge in [-0.05, 0) is 48.2 Å². The van der Waals surface area contributed by atoms with Gasteiger partial charge in [0.15, 0.2) is 0 Å². The summed E-state index contributed by atoms with van der Waals surface area (Å²) in [5.41, 5.74) is 3.39. The van der Waals surface area contributed by atoms with E-state index in [1.54, 1.807) is 6.07 Å². The predicted octanol–water partition coefficient (Wildman–Crippen LogP) is 4.74. The maximum Gasteiger partial charge on any atom is 0.416 e. The van der Waals surface area contributed by atoms with Crippen molar-refractivity contribution in [1.29, 1.82) is 0 Å². The van der Waals surface area contributed by atoms with Crippen molar-refractivity contribution in [2.75, 3.05) is 19.6 Å². The largest absolute Gasteiger partial charge is 0.416 e. The monoisotopic (exact) mass is 346 g/mol. The Hall–Kier alpha value is -2.14. The summed E-state index contributed by atoms with van der Waals surface area (Å²) < 4.78 is 38.6. The van der Waals surface area contributed by atoms with Gasteiger partial charge in [-0.25, -0.2) is 0 Å². The molecular formula is C20H21F3N2. The molecule has 0 N–H and O–H groups in total. The molecule has 25 heavy (non-hydrogen) atoms. The third-order valence-electron chi connectivity index (χ3n) is 4.64. The lowest BCUT2D eigenvalue weighted by atomic mass is 9.97. The molecule has 1 aliphatic heterocycles. The first-order chi connectivity index (χ1) is 11.9. The zero-order valence-electron chi connectivity index (χ0n) is 14.2. The minimum Gasteiger partial charge on any atom is -0.299 e. The smallest absolute Gasteiger partial charge is 0.299 e. The fourth-order valence-corrected chi connectivity index (χ4v) is 3.12. The quantitative estimate of drug-likeness (QED) is 0.795. The van der Waals surface area contributed by atoms with E-state index in [9.17, 15) is 13.2 Å². The van der Waals surface area contributed by atoms with Crippen molar-refractivity contribution in [2.24, 2.45) is 0 Å². The highest BCUT2D eigenvalue weighted by atomic mass is 19.4. The summed E-state index contributed by atoms with van der Waals surface area (Å²) in [6.45, 7) is 4.58. The molecule has 132 valence electrons. The zero-order chi connectivity index (χ0) is 17.9. The molecule has 0 saturated heterocycles. The number of alkyl halides is 3. The van der Waals surface area contributed by atoms with Gasteiger partial charge >= 0.3 is 6.18 Å². The number of halogens is 3. The molecule has 2 aromatic rings. The highest BCUT2D eigenvalue weighted by molar-refractivity contribution is 5.67. The van der Waals surface area contributed by atoms with Gasteiger partial charge in [-0.3, -0.25) is 9.88 Å². The normalized spacial score (nSPS) is 15.9. The van der Waals surface area contributed by atoms with Crippen LogP contribution in [0, 0.1) is 6.92 Å². The van der Waals surface area contributed by atoms with Crippen LogP contribution in [0.2, 0.25) is 0 Å². The zero-order valence-corrected chi connectivity index (χ0v) is 14.2. The highest BCUT2D eigenvalue weighted by Gasteiger charge is 2.30. The van der Waals surface area contributed by atoms with Crippen molar-refractivity contribution in [3.05, 3.63) is 71.1 Å². The molecule has 3 rings (SSSR count). The van der Waals surface area contributed by atoms with E-state index in [2.05, 4.69) is 22.9 Å². The van der Waals surface area contributed by atoms with Crippen molar-refractivity contribution < 1.29 is 13.2 Å². The van der Waals surface area contributed by atoms with Crippen LogP contribution in [-0.4, -0.2) is 29.5 Å². The molecule has 0 fully saturated rings. The maximum absolute atomic E-state index is 12.9. The molecule has 0 atom stereocenters. The molecule has 2 heterocycles. The van der Waals surface area contributed by atoms with Crippen LogP contribution in [0.5, 0.6) is 0 Å². The van der Waals surface area contributed by atoms with Crippen LogP contribution in [0.15, 0.2) is 48.7 Å². The van der Waals surface area contributed by atoms with Gasteiger partial charge in [0.05, 0.1) is 5.56 Å². The van der Waals surface area contributed by atoms with Gasteiger partial charge in [0.2, 0.25) is 0 Å². The Labute approximate surface area is 146 Å². The number of benzene rings is 1. The Balaban J connectivity index is 1.62. The molecule has 1 aromatic heterocycles. The summed E-state index contributed by atoms with van der Waals surface area (Å²) >= 11 is 0. The molecule has 5 heteroatoms. The van der Waals surface area contributed by atoms with E-state index >= 15 is 0 Å². The molecule has 1 aromatic carbocycles. The van der Waals surface area contributed by atoms with Gasteiger partial charge in [-0.2, -0.15) is 13.2 Å². The summed E-state index contributed by atoms with van der Waals surface area (Å²) in [5, 5.41) is 0. The van der Waals surface area contributed by atoms with E-state index in [4.69, 9.17) is 0 Å². The standard InChI is InChI=1S/C20H21F3N2/c1-15-4-3-10-24-19(15)9-13-25-11-7-16(8-12-25)17-5-2-6-18(14-17)20(21,22)23/h2-7,10,14H,8-9,11-13H2,1H3. The number of hydrogen-bond acceptors (Lipinski definition) is 2. The third-order valence-corrected chi connectivity index (χ3v) is 4.64. The molecule has 0 amide bonds. The molecule has 0 aliphatic carbocycles. The number of nitrogens with zero attached hydrogens (tertiary/aromatic N) is 2. The van der Waals surface area contributed by atoms with Gasteiger partial charge in [-0.1, -0.05) is 24.3 Å². The van der Waals surface area contributed by atoms with Crippen LogP contribution in [0.1, 0.15) is 28.8 Å². The Morgan fingerprint density at radius 2 is 2.00 bits per heavy atom. The second-order valence-electron chi connectivity index (χ2n) is 6.38. The molecular weight excluding hydrogens is 325 g/mol. The summed E-state index contributed by atoms with van der Waals surface area (Å²) in [4.78, 5) is 6.72. The van der Waals surface area contributed by atoms with E-state index in [0.717, 1.165) is 49.8 Å². The fourth-order valence-electron chi connectivity index (χ4n) is 3.12. The average molecular weight is 346 g/mol. The van der Waals surface area contributed by atoms with Crippen LogP contribution < -0.4 is 0 Å². The molecule has 0 radical (unpaired) electrons. The number of rotatable bonds is 4. The molecule has 2 nitrogen and oxygen atoms in total. The fraction of sp³-hybridized carbons (Fsp3) is 0.350. The van der Waals surface area contributed by atoms with Crippen LogP contribution in [0.3, 0.4) is 0 Å². The topological polar surface area (TPSA) is 16.1 Å². The van der Waals surface area contributed by atoms with Gasteiger partial charge in [-0.15, -0.1) is 0 Å². The van der Waals surface area contributed by atoms with E-state index < -0.39 is 11.7 Å². The Kier molecular flexibility index (Phi) is 5.23. The molecule has 1 aliphatic rings. The summed E-state index contributed by atoms with van der Waals surface area (Å²) in [6, 6.07) is 9.60. The van der Waals surface area contributed by atoms with E-state index in [1.165, 1.54) is 17.7 Å². The van der Waals surface area contributed by atoms with Crippen LogP contribution in [-0.2, 0) is 12.6 Å². The summed E-state index contributed by atoms with van der Waals surface area (Å²) in [6.07, 6.45) is 1.22. The molecule has 0 unspecified atom stereocenters. The van der Waals surface area contributed by atoms with Crippen molar-refractivity contribution in [2.45, 2.75) is 25.9 Å². The van der Waals surface area contributed by atoms with Gasteiger partial charge in [0, 0.05) is 37.9 Å². The minimum absolute atomic E-state index is 0.584. The maximum atomic E-state index is 12.9. The van der Waals surface area contributed by atoms with Gasteiger partial charge in [0.25, 0.3) is 0 Å². The van der Waals surface area contributed by atoms with E-state index in [0.29, 0.717) is 5.56 Å². The van der Waals surface area contributed by atoms with Crippen LogP contribution in [0.25, 0.3) is 5.57 Å². The average Bonchev–Trinajstić information content (AvgIpc) is 2.61.